The van der Waals surface area contributed by atoms with Gasteiger partial charge in [-0.25, -0.2) is 8.78 Å². The Kier molecular flexibility index (Phi) is 5.47. The highest BCUT2D eigenvalue weighted by Gasteiger charge is 2.43. The van der Waals surface area contributed by atoms with Crippen molar-refractivity contribution in [3.63, 3.8) is 0 Å². The van der Waals surface area contributed by atoms with Crippen molar-refractivity contribution in [3.8, 4) is 0 Å². The predicted octanol–water partition coefficient (Wildman–Crippen LogP) is 2.03. The number of hydrogen-bond acceptors (Lipinski definition) is 3. The molecule has 0 amide bonds. The monoisotopic (exact) mass is 265 g/mol. The zero-order chi connectivity index (χ0) is 13.8. The molecule has 0 aliphatic heterocycles. The van der Waals surface area contributed by atoms with Crippen LogP contribution in [0.2, 0.25) is 0 Å². The van der Waals surface area contributed by atoms with E-state index in [0.29, 0.717) is 19.3 Å². The summed E-state index contributed by atoms with van der Waals surface area (Å²) in [6.07, 6.45) is -0.858. The lowest BCUT2D eigenvalue weighted by Gasteiger charge is -2.39. The van der Waals surface area contributed by atoms with Crippen LogP contribution >= 0.6 is 0 Å². The van der Waals surface area contributed by atoms with E-state index in [-0.39, 0.29) is 12.5 Å². The first-order chi connectivity index (χ1) is 8.35. The van der Waals surface area contributed by atoms with Crippen LogP contribution in [0.3, 0.4) is 0 Å². The van der Waals surface area contributed by atoms with Crippen LogP contribution in [0.15, 0.2) is 0 Å². The molecule has 0 heterocycles. The minimum absolute atomic E-state index is 0.0231. The van der Waals surface area contributed by atoms with E-state index in [1.807, 2.05) is 13.8 Å². The topological polar surface area (TPSA) is 58.6 Å². The Bertz CT molecular complexity index is 286. The molecule has 0 bridgehead atoms. The second kappa shape index (κ2) is 6.43. The van der Waals surface area contributed by atoms with E-state index in [2.05, 4.69) is 5.32 Å². The van der Waals surface area contributed by atoms with Gasteiger partial charge in [-0.15, -0.1) is 0 Å². The Balaban J connectivity index is 2.64. The highest BCUT2D eigenvalue weighted by molar-refractivity contribution is 5.79. The predicted molar refractivity (Wildman–Crippen MR) is 62.9 cm³/mol. The third-order valence-electron chi connectivity index (χ3n) is 3.14. The fraction of sp³-hybridized carbons (Fsp3) is 0.917. The van der Waals surface area contributed by atoms with E-state index in [1.165, 1.54) is 0 Å². The molecule has 0 spiro atoms. The molecule has 1 fully saturated rings. The molecule has 1 saturated carbocycles. The molecule has 106 valence electrons. The van der Waals surface area contributed by atoms with Gasteiger partial charge < -0.3 is 9.84 Å². The Labute approximate surface area is 106 Å². The summed E-state index contributed by atoms with van der Waals surface area (Å²) in [6.45, 7) is 3.12. The molecule has 18 heavy (non-hydrogen) atoms. The number of ether oxygens (including phenoxy) is 1. The third-order valence-corrected chi connectivity index (χ3v) is 3.14. The zero-order valence-corrected chi connectivity index (χ0v) is 10.8. The number of rotatable bonds is 6. The molecule has 0 radical (unpaired) electrons. The van der Waals surface area contributed by atoms with E-state index >= 15 is 0 Å². The van der Waals surface area contributed by atoms with E-state index in [4.69, 9.17) is 4.74 Å². The van der Waals surface area contributed by atoms with Crippen molar-refractivity contribution in [2.45, 2.75) is 63.6 Å². The van der Waals surface area contributed by atoms with Crippen LogP contribution in [0.1, 0.15) is 39.5 Å². The molecule has 6 heteroatoms. The maximum atomic E-state index is 12.1. The minimum atomic E-state index is -2.51. The smallest absolute Gasteiger partial charge is 0.324 e. The first kappa shape index (κ1) is 15.3. The summed E-state index contributed by atoms with van der Waals surface area (Å²) in [6, 6.07) is 0.0231. The summed E-state index contributed by atoms with van der Waals surface area (Å²) in [5, 5.41) is 12.4. The summed E-state index contributed by atoms with van der Waals surface area (Å²) in [5.41, 5.74) is -1.04. The van der Waals surface area contributed by atoms with Crippen molar-refractivity contribution in [2.24, 2.45) is 0 Å². The van der Waals surface area contributed by atoms with Gasteiger partial charge in [-0.05, 0) is 33.1 Å². The number of halogens is 2. The normalized spacial score (nSPS) is 28.9. The Hall–Kier alpha value is -0.750. The molecule has 4 nitrogen and oxygen atoms in total. The van der Waals surface area contributed by atoms with Gasteiger partial charge in [0.25, 0.3) is 6.43 Å². The molecular weight excluding hydrogens is 244 g/mol. The van der Waals surface area contributed by atoms with Crippen LogP contribution in [-0.2, 0) is 9.53 Å². The second-order valence-corrected chi connectivity index (χ2v) is 5.13. The number of carboxylic acids is 1. The first-order valence-corrected chi connectivity index (χ1v) is 6.26. The lowest BCUT2D eigenvalue weighted by atomic mass is 9.79. The van der Waals surface area contributed by atoms with Crippen molar-refractivity contribution < 1.29 is 23.4 Å². The molecule has 2 atom stereocenters. The molecule has 0 aromatic heterocycles. The quantitative estimate of drug-likeness (QED) is 0.771. The average Bonchev–Trinajstić information content (AvgIpc) is 2.25. The van der Waals surface area contributed by atoms with Gasteiger partial charge >= 0.3 is 5.97 Å². The summed E-state index contributed by atoms with van der Waals surface area (Å²) < 4.78 is 29.3. The van der Waals surface area contributed by atoms with E-state index < -0.39 is 30.6 Å². The molecular formula is C12H21F2NO3. The first-order valence-electron chi connectivity index (χ1n) is 6.26. The maximum Gasteiger partial charge on any atom is 0.324 e. The summed E-state index contributed by atoms with van der Waals surface area (Å²) in [4.78, 5) is 11.4. The number of carboxylic acid groups (broad SMARTS) is 1. The largest absolute Gasteiger partial charge is 0.480 e. The van der Waals surface area contributed by atoms with Crippen LogP contribution in [0.5, 0.6) is 0 Å². The van der Waals surface area contributed by atoms with Crippen LogP contribution < -0.4 is 5.32 Å². The highest BCUT2D eigenvalue weighted by Crippen LogP contribution is 2.31. The minimum Gasteiger partial charge on any atom is -0.480 e. The van der Waals surface area contributed by atoms with Gasteiger partial charge in [0.2, 0.25) is 0 Å². The lowest BCUT2D eigenvalue weighted by Crippen LogP contribution is -2.58. The Morgan fingerprint density at radius 1 is 1.56 bits per heavy atom. The molecule has 0 saturated heterocycles. The molecule has 2 N–H and O–H groups in total. The third kappa shape index (κ3) is 4.17. The van der Waals surface area contributed by atoms with Crippen LogP contribution in [-0.4, -0.2) is 41.8 Å². The van der Waals surface area contributed by atoms with Gasteiger partial charge in [0.1, 0.15) is 12.1 Å². The van der Waals surface area contributed by atoms with Gasteiger partial charge in [-0.1, -0.05) is 0 Å². The van der Waals surface area contributed by atoms with Gasteiger partial charge in [-0.2, -0.15) is 0 Å². The molecule has 2 unspecified atom stereocenters. The van der Waals surface area contributed by atoms with Gasteiger partial charge in [0.15, 0.2) is 0 Å². The molecule has 0 aromatic rings. The SMILES string of the molecule is CC(C)NC1(C(=O)O)CCCC(OCC(F)F)C1. The summed E-state index contributed by atoms with van der Waals surface area (Å²) in [7, 11) is 0. The molecule has 1 aliphatic carbocycles. The Morgan fingerprint density at radius 3 is 2.72 bits per heavy atom. The van der Waals surface area contributed by atoms with Crippen LogP contribution in [0, 0.1) is 0 Å². The van der Waals surface area contributed by atoms with Crippen LogP contribution in [0.25, 0.3) is 0 Å². The zero-order valence-electron chi connectivity index (χ0n) is 10.8. The van der Waals surface area contributed by atoms with E-state index in [9.17, 15) is 18.7 Å². The average molecular weight is 265 g/mol. The standard InChI is InChI=1S/C12H21F2NO3/c1-8(2)15-12(11(16)17)5-3-4-9(6-12)18-7-10(13)14/h8-10,15H,3-7H2,1-2H3,(H,16,17). The van der Waals surface area contributed by atoms with E-state index in [0.717, 1.165) is 0 Å². The summed E-state index contributed by atoms with van der Waals surface area (Å²) in [5.74, 6) is -0.929. The highest BCUT2D eigenvalue weighted by atomic mass is 19.3. The van der Waals surface area contributed by atoms with Crippen molar-refractivity contribution in [1.82, 2.24) is 5.32 Å². The maximum absolute atomic E-state index is 12.1. The number of aliphatic carboxylic acids is 1. The van der Waals surface area contributed by atoms with Crippen molar-refractivity contribution in [2.75, 3.05) is 6.61 Å². The van der Waals surface area contributed by atoms with Crippen molar-refractivity contribution in [3.05, 3.63) is 0 Å². The summed E-state index contributed by atoms with van der Waals surface area (Å²) >= 11 is 0. The number of nitrogens with one attached hydrogen (secondary N) is 1. The second-order valence-electron chi connectivity index (χ2n) is 5.13. The fourth-order valence-electron chi connectivity index (χ4n) is 2.52. The van der Waals surface area contributed by atoms with Gasteiger partial charge in [-0.3, -0.25) is 10.1 Å². The van der Waals surface area contributed by atoms with E-state index in [1.54, 1.807) is 0 Å². The fourth-order valence-corrected chi connectivity index (χ4v) is 2.52. The van der Waals surface area contributed by atoms with Gasteiger partial charge in [0.05, 0.1) is 6.10 Å². The molecule has 1 rings (SSSR count). The Morgan fingerprint density at radius 2 is 2.22 bits per heavy atom. The van der Waals surface area contributed by atoms with Crippen molar-refractivity contribution in [1.29, 1.82) is 0 Å². The number of alkyl halides is 2. The molecule has 0 aromatic carbocycles. The molecule has 1 aliphatic rings. The lowest BCUT2D eigenvalue weighted by molar-refractivity contribution is -0.150. The van der Waals surface area contributed by atoms with Gasteiger partial charge in [0, 0.05) is 12.5 Å². The van der Waals surface area contributed by atoms with Crippen LogP contribution in [0.4, 0.5) is 8.78 Å². The van der Waals surface area contributed by atoms with Crippen molar-refractivity contribution >= 4 is 5.97 Å². The number of hydrogen-bond donors (Lipinski definition) is 2. The number of carbonyl (C=O) groups is 1.